The van der Waals surface area contributed by atoms with Crippen LogP contribution in [0.4, 0.5) is 0 Å². The quantitative estimate of drug-likeness (QED) is 0.401. The van der Waals surface area contributed by atoms with Crippen LogP contribution >= 0.6 is 0 Å². The number of hydrogen-bond acceptors (Lipinski definition) is 6. The van der Waals surface area contributed by atoms with Crippen molar-refractivity contribution in [3.05, 3.63) is 95.7 Å². The fourth-order valence-corrected chi connectivity index (χ4v) is 3.47. The smallest absolute Gasteiger partial charge is 0.179 e. The van der Waals surface area contributed by atoms with Gasteiger partial charge in [0, 0.05) is 10.9 Å². The summed E-state index contributed by atoms with van der Waals surface area (Å²) in [5, 5.41) is 15.1. The molecule has 0 aliphatic rings. The van der Waals surface area contributed by atoms with E-state index in [1.54, 1.807) is 0 Å². The summed E-state index contributed by atoms with van der Waals surface area (Å²) in [4.78, 5) is 4.65. The second kappa shape index (κ2) is 8.85. The number of fused-ring (bicyclic) bond motifs is 1. The van der Waals surface area contributed by atoms with Crippen LogP contribution < -0.4 is 9.47 Å². The van der Waals surface area contributed by atoms with Crippen molar-refractivity contribution in [1.82, 2.24) is 25.6 Å². The largest absolute Gasteiger partial charge is 0.489 e. The minimum absolute atomic E-state index is 0.410. The van der Waals surface area contributed by atoms with E-state index in [1.165, 1.54) is 0 Å². The van der Waals surface area contributed by atoms with Crippen LogP contribution in [0.25, 0.3) is 22.3 Å². The molecule has 0 spiro atoms. The van der Waals surface area contributed by atoms with Gasteiger partial charge >= 0.3 is 0 Å². The topological polar surface area (TPSA) is 85.8 Å². The van der Waals surface area contributed by atoms with E-state index in [9.17, 15) is 0 Å². The molecule has 7 nitrogen and oxygen atoms in total. The third kappa shape index (κ3) is 4.41. The first-order valence-electron chi connectivity index (χ1n) is 10.3. The van der Waals surface area contributed by atoms with Crippen molar-refractivity contribution in [2.24, 2.45) is 0 Å². The molecule has 7 heteroatoms. The maximum atomic E-state index is 6.03. The summed E-state index contributed by atoms with van der Waals surface area (Å²) in [5.74, 6) is 2.22. The van der Waals surface area contributed by atoms with Gasteiger partial charge in [-0.25, -0.2) is 10.1 Å². The molecule has 2 heterocycles. The van der Waals surface area contributed by atoms with Gasteiger partial charge in [0.15, 0.2) is 5.82 Å². The Kier molecular flexibility index (Phi) is 5.45. The zero-order valence-electron chi connectivity index (χ0n) is 17.5. The lowest BCUT2D eigenvalue weighted by atomic mass is 10.1. The summed E-state index contributed by atoms with van der Waals surface area (Å²) >= 11 is 0. The predicted molar refractivity (Wildman–Crippen MR) is 121 cm³/mol. The van der Waals surface area contributed by atoms with E-state index in [4.69, 9.17) is 9.47 Å². The van der Waals surface area contributed by atoms with Gasteiger partial charge in [0.05, 0.1) is 11.2 Å². The van der Waals surface area contributed by atoms with Crippen molar-refractivity contribution < 1.29 is 9.47 Å². The predicted octanol–water partition coefficient (Wildman–Crippen LogP) is 4.88. The van der Waals surface area contributed by atoms with E-state index in [0.717, 1.165) is 44.8 Å². The van der Waals surface area contributed by atoms with E-state index < -0.39 is 0 Å². The fourth-order valence-electron chi connectivity index (χ4n) is 3.47. The highest BCUT2D eigenvalue weighted by atomic mass is 16.5. The van der Waals surface area contributed by atoms with Gasteiger partial charge in [0.2, 0.25) is 0 Å². The van der Waals surface area contributed by atoms with Crippen LogP contribution in [0.1, 0.15) is 16.8 Å². The number of benzene rings is 3. The molecule has 0 bridgehead atoms. The second-order valence-electron chi connectivity index (χ2n) is 7.45. The standard InChI is InChI=1S/C25H21N5O2/c1-17-13-22(31-16-21-10-9-19-6-2-3-8-23(19)26-21)11-12-24(17)32-15-18-5-4-7-20(14-18)25-27-29-30-28-25/h2-14H,15-16H2,1H3,(H,27,28,29,30). The van der Waals surface area contributed by atoms with E-state index >= 15 is 0 Å². The van der Waals surface area contributed by atoms with Gasteiger partial charge in [-0.3, -0.25) is 0 Å². The molecule has 2 aromatic heterocycles. The molecule has 158 valence electrons. The number of pyridine rings is 1. The molecule has 5 aromatic rings. The summed E-state index contributed by atoms with van der Waals surface area (Å²) in [6.07, 6.45) is 0. The number of aromatic amines is 1. The van der Waals surface area contributed by atoms with Gasteiger partial charge in [-0.1, -0.05) is 42.5 Å². The number of para-hydroxylation sites is 1. The molecule has 0 radical (unpaired) electrons. The molecule has 0 saturated carbocycles. The normalized spacial score (nSPS) is 10.9. The molecular weight excluding hydrogens is 402 g/mol. The third-order valence-electron chi connectivity index (χ3n) is 5.13. The van der Waals surface area contributed by atoms with Gasteiger partial charge in [0.1, 0.15) is 24.7 Å². The maximum absolute atomic E-state index is 6.03. The van der Waals surface area contributed by atoms with E-state index in [2.05, 4.69) is 37.7 Å². The number of nitrogens with one attached hydrogen (secondary N) is 1. The molecule has 1 N–H and O–H groups in total. The summed E-state index contributed by atoms with van der Waals surface area (Å²) in [7, 11) is 0. The number of rotatable bonds is 7. The van der Waals surface area contributed by atoms with Crippen molar-refractivity contribution in [3.63, 3.8) is 0 Å². The minimum Gasteiger partial charge on any atom is -0.489 e. The Labute approximate surface area is 185 Å². The van der Waals surface area contributed by atoms with Gasteiger partial charge in [-0.05, 0) is 64.9 Å². The SMILES string of the molecule is Cc1cc(OCc2ccc3ccccc3n2)ccc1OCc1cccc(-c2nnn[nH]2)c1. The number of aryl methyl sites for hydroxylation is 1. The van der Waals surface area contributed by atoms with E-state index in [1.807, 2.05) is 73.7 Å². The molecule has 0 fully saturated rings. The summed E-state index contributed by atoms with van der Waals surface area (Å²) in [6, 6.07) is 25.9. The number of hydrogen-bond donors (Lipinski definition) is 1. The average molecular weight is 423 g/mol. The summed E-state index contributed by atoms with van der Waals surface area (Å²) < 4.78 is 12.0. The average Bonchev–Trinajstić information content (AvgIpc) is 3.37. The lowest BCUT2D eigenvalue weighted by Gasteiger charge is -2.12. The Morgan fingerprint density at radius 2 is 1.78 bits per heavy atom. The van der Waals surface area contributed by atoms with Crippen LogP contribution in [-0.2, 0) is 13.2 Å². The lowest BCUT2D eigenvalue weighted by molar-refractivity contribution is 0.293. The molecule has 0 aliphatic heterocycles. The van der Waals surface area contributed by atoms with Crippen LogP contribution in [-0.4, -0.2) is 25.6 Å². The Bertz CT molecular complexity index is 1350. The van der Waals surface area contributed by atoms with Crippen LogP contribution in [0.15, 0.2) is 78.9 Å². The number of aromatic nitrogens is 5. The first-order valence-corrected chi connectivity index (χ1v) is 10.3. The molecular formula is C25H21N5O2. The van der Waals surface area contributed by atoms with Crippen LogP contribution in [0.5, 0.6) is 11.5 Å². The van der Waals surface area contributed by atoms with Gasteiger partial charge in [-0.2, -0.15) is 0 Å². The molecule has 0 saturated heterocycles. The Morgan fingerprint density at radius 1 is 0.844 bits per heavy atom. The maximum Gasteiger partial charge on any atom is 0.179 e. The van der Waals surface area contributed by atoms with Crippen molar-refractivity contribution in [1.29, 1.82) is 0 Å². The first-order chi connectivity index (χ1) is 15.7. The number of ether oxygens (including phenoxy) is 2. The van der Waals surface area contributed by atoms with E-state index in [0.29, 0.717) is 19.0 Å². The molecule has 0 amide bonds. The highest BCUT2D eigenvalue weighted by molar-refractivity contribution is 5.78. The monoisotopic (exact) mass is 423 g/mol. The Hall–Kier alpha value is -4.26. The molecule has 0 unspecified atom stereocenters. The van der Waals surface area contributed by atoms with Crippen molar-refractivity contribution >= 4 is 10.9 Å². The highest BCUT2D eigenvalue weighted by Crippen LogP contribution is 2.25. The summed E-state index contributed by atoms with van der Waals surface area (Å²) in [6.45, 7) is 2.86. The first kappa shape index (κ1) is 19.7. The van der Waals surface area contributed by atoms with Gasteiger partial charge < -0.3 is 9.47 Å². The zero-order valence-corrected chi connectivity index (χ0v) is 17.5. The minimum atomic E-state index is 0.410. The van der Waals surface area contributed by atoms with Crippen molar-refractivity contribution in [3.8, 4) is 22.9 Å². The molecule has 0 atom stereocenters. The van der Waals surface area contributed by atoms with Crippen molar-refractivity contribution in [2.45, 2.75) is 20.1 Å². The third-order valence-corrected chi connectivity index (χ3v) is 5.13. The van der Waals surface area contributed by atoms with E-state index in [-0.39, 0.29) is 0 Å². The number of tetrazole rings is 1. The van der Waals surface area contributed by atoms with Gasteiger partial charge in [-0.15, -0.1) is 5.10 Å². The lowest BCUT2D eigenvalue weighted by Crippen LogP contribution is -2.00. The Balaban J connectivity index is 1.22. The second-order valence-corrected chi connectivity index (χ2v) is 7.45. The highest BCUT2D eigenvalue weighted by Gasteiger charge is 2.07. The molecule has 3 aromatic carbocycles. The van der Waals surface area contributed by atoms with Crippen LogP contribution in [0.2, 0.25) is 0 Å². The molecule has 0 aliphatic carbocycles. The molecule has 5 rings (SSSR count). The number of nitrogens with zero attached hydrogens (tertiary/aromatic N) is 4. The fraction of sp³-hybridized carbons (Fsp3) is 0.120. The van der Waals surface area contributed by atoms with Crippen molar-refractivity contribution in [2.75, 3.05) is 0 Å². The number of H-pyrrole nitrogens is 1. The summed E-state index contributed by atoms with van der Waals surface area (Å²) in [5.41, 5.74) is 4.81. The van der Waals surface area contributed by atoms with Gasteiger partial charge in [0.25, 0.3) is 0 Å². The van der Waals surface area contributed by atoms with Crippen LogP contribution in [0, 0.1) is 6.92 Å². The molecule has 32 heavy (non-hydrogen) atoms. The Morgan fingerprint density at radius 3 is 2.66 bits per heavy atom. The zero-order chi connectivity index (χ0) is 21.8. The van der Waals surface area contributed by atoms with Crippen LogP contribution in [0.3, 0.4) is 0 Å².